The van der Waals surface area contributed by atoms with E-state index in [1.165, 1.54) is 0 Å². The van der Waals surface area contributed by atoms with Crippen molar-refractivity contribution < 1.29 is 9.53 Å². The second-order valence-corrected chi connectivity index (χ2v) is 6.43. The molecule has 0 unspecified atom stereocenters. The van der Waals surface area contributed by atoms with Crippen molar-refractivity contribution in [2.45, 2.75) is 26.8 Å². The summed E-state index contributed by atoms with van der Waals surface area (Å²) in [6, 6.07) is 9.09. The van der Waals surface area contributed by atoms with Gasteiger partial charge in [0.1, 0.15) is 11.6 Å². The molecule has 0 aliphatic rings. The van der Waals surface area contributed by atoms with Crippen LogP contribution in [0, 0.1) is 13.8 Å². The molecular formula is C21H22N4O2. The van der Waals surface area contributed by atoms with Gasteiger partial charge in [0.15, 0.2) is 0 Å². The van der Waals surface area contributed by atoms with Crippen molar-refractivity contribution in [2.75, 3.05) is 7.11 Å². The number of ether oxygens (including phenoxy) is 1. The standard InChI is InChI=1S/C21H22N4O2/c1-13-5-6-20(24-10-13)16-7-17(9-19(8-16)27-4)21(26)25-14(2)18-11-22-15(3)23-12-18/h5-12,14H,1-4H3,(H,25,26)/t14-/m1/s1. The molecule has 2 aromatic heterocycles. The number of carbonyl (C=O) groups excluding carboxylic acids is 1. The van der Waals surface area contributed by atoms with Crippen LogP contribution in [0.5, 0.6) is 5.75 Å². The quantitative estimate of drug-likeness (QED) is 0.749. The van der Waals surface area contributed by atoms with Crippen LogP contribution in [0.25, 0.3) is 11.3 Å². The van der Waals surface area contributed by atoms with E-state index in [0.717, 1.165) is 22.4 Å². The third-order valence-electron chi connectivity index (χ3n) is 4.26. The van der Waals surface area contributed by atoms with Crippen LogP contribution >= 0.6 is 0 Å². The van der Waals surface area contributed by atoms with E-state index < -0.39 is 0 Å². The van der Waals surface area contributed by atoms with E-state index in [1.54, 1.807) is 31.8 Å². The van der Waals surface area contributed by atoms with Crippen molar-refractivity contribution in [2.24, 2.45) is 0 Å². The number of benzene rings is 1. The number of methoxy groups -OCH3 is 1. The molecule has 0 saturated carbocycles. The van der Waals surface area contributed by atoms with Crippen molar-refractivity contribution in [3.05, 3.63) is 71.4 Å². The Labute approximate surface area is 158 Å². The first kappa shape index (κ1) is 18.5. The van der Waals surface area contributed by atoms with Crippen LogP contribution in [0.4, 0.5) is 0 Å². The monoisotopic (exact) mass is 362 g/mol. The Morgan fingerprint density at radius 2 is 1.78 bits per heavy atom. The lowest BCUT2D eigenvalue weighted by atomic mass is 10.0. The zero-order valence-electron chi connectivity index (χ0n) is 15.9. The molecule has 0 fully saturated rings. The topological polar surface area (TPSA) is 77.0 Å². The van der Waals surface area contributed by atoms with Crippen molar-refractivity contribution in [3.8, 4) is 17.0 Å². The Hall–Kier alpha value is -3.28. The number of carbonyl (C=O) groups is 1. The van der Waals surface area contributed by atoms with Crippen LogP contribution in [0.3, 0.4) is 0 Å². The number of aromatic nitrogens is 3. The third kappa shape index (κ3) is 4.47. The molecule has 1 atom stereocenters. The highest BCUT2D eigenvalue weighted by Crippen LogP contribution is 2.25. The Morgan fingerprint density at radius 3 is 2.41 bits per heavy atom. The van der Waals surface area contributed by atoms with Crippen molar-refractivity contribution >= 4 is 5.91 Å². The normalized spacial score (nSPS) is 11.7. The molecule has 1 N–H and O–H groups in total. The summed E-state index contributed by atoms with van der Waals surface area (Å²) in [5, 5.41) is 2.98. The average molecular weight is 362 g/mol. The predicted molar refractivity (Wildman–Crippen MR) is 104 cm³/mol. The van der Waals surface area contributed by atoms with E-state index in [1.807, 2.05) is 45.0 Å². The van der Waals surface area contributed by atoms with Crippen LogP contribution in [-0.4, -0.2) is 28.0 Å². The molecule has 0 radical (unpaired) electrons. The van der Waals surface area contributed by atoms with Crippen LogP contribution in [0.1, 0.15) is 40.3 Å². The van der Waals surface area contributed by atoms with Gasteiger partial charge in [0, 0.05) is 35.3 Å². The molecule has 0 bridgehead atoms. The number of aryl methyl sites for hydroxylation is 2. The van der Waals surface area contributed by atoms with Crippen LogP contribution in [-0.2, 0) is 0 Å². The fourth-order valence-corrected chi connectivity index (χ4v) is 2.62. The molecule has 2 heterocycles. The van der Waals surface area contributed by atoms with E-state index in [-0.39, 0.29) is 11.9 Å². The van der Waals surface area contributed by atoms with Crippen LogP contribution < -0.4 is 10.1 Å². The van der Waals surface area contributed by atoms with Gasteiger partial charge in [-0.2, -0.15) is 0 Å². The van der Waals surface area contributed by atoms with Gasteiger partial charge in [-0.15, -0.1) is 0 Å². The second-order valence-electron chi connectivity index (χ2n) is 6.43. The number of hydrogen-bond donors (Lipinski definition) is 1. The number of pyridine rings is 1. The number of amides is 1. The van der Waals surface area contributed by atoms with Gasteiger partial charge in [-0.1, -0.05) is 6.07 Å². The lowest BCUT2D eigenvalue weighted by molar-refractivity contribution is 0.0939. The molecule has 1 aromatic carbocycles. The van der Waals surface area contributed by atoms with Gasteiger partial charge in [-0.05, 0) is 50.6 Å². The van der Waals surface area contributed by atoms with Gasteiger partial charge in [0.2, 0.25) is 0 Å². The highest BCUT2D eigenvalue weighted by Gasteiger charge is 2.15. The predicted octanol–water partition coefficient (Wildman–Crippen LogP) is 3.66. The number of nitrogens with one attached hydrogen (secondary N) is 1. The molecule has 6 nitrogen and oxygen atoms in total. The van der Waals surface area contributed by atoms with E-state index in [2.05, 4.69) is 20.3 Å². The number of hydrogen-bond acceptors (Lipinski definition) is 5. The summed E-state index contributed by atoms with van der Waals surface area (Å²) >= 11 is 0. The third-order valence-corrected chi connectivity index (χ3v) is 4.26. The van der Waals surface area contributed by atoms with Gasteiger partial charge in [0.25, 0.3) is 5.91 Å². The lowest BCUT2D eigenvalue weighted by Crippen LogP contribution is -2.27. The lowest BCUT2D eigenvalue weighted by Gasteiger charge is -2.15. The molecule has 6 heteroatoms. The minimum Gasteiger partial charge on any atom is -0.497 e. The van der Waals surface area contributed by atoms with Crippen molar-refractivity contribution in [1.82, 2.24) is 20.3 Å². The summed E-state index contributed by atoms with van der Waals surface area (Å²) in [6.45, 7) is 5.70. The first-order valence-corrected chi connectivity index (χ1v) is 8.68. The highest BCUT2D eigenvalue weighted by atomic mass is 16.5. The summed E-state index contributed by atoms with van der Waals surface area (Å²) in [5.41, 5.74) is 4.04. The molecule has 3 rings (SSSR count). The van der Waals surface area contributed by atoms with Gasteiger partial charge >= 0.3 is 0 Å². The maximum atomic E-state index is 12.8. The van der Waals surface area contributed by atoms with E-state index >= 15 is 0 Å². The zero-order valence-corrected chi connectivity index (χ0v) is 15.9. The van der Waals surface area contributed by atoms with E-state index in [0.29, 0.717) is 17.1 Å². The molecule has 0 aliphatic heterocycles. The molecule has 1 amide bonds. The largest absolute Gasteiger partial charge is 0.497 e. The molecule has 138 valence electrons. The fraction of sp³-hybridized carbons (Fsp3) is 0.238. The van der Waals surface area contributed by atoms with E-state index in [4.69, 9.17) is 4.74 Å². The Balaban J connectivity index is 1.86. The zero-order chi connectivity index (χ0) is 19.4. The molecule has 0 spiro atoms. The number of nitrogens with zero attached hydrogens (tertiary/aromatic N) is 3. The minimum absolute atomic E-state index is 0.199. The molecule has 3 aromatic rings. The maximum Gasteiger partial charge on any atom is 0.251 e. The van der Waals surface area contributed by atoms with Crippen molar-refractivity contribution in [3.63, 3.8) is 0 Å². The smallest absolute Gasteiger partial charge is 0.251 e. The summed E-state index contributed by atoms with van der Waals surface area (Å²) < 4.78 is 5.37. The van der Waals surface area contributed by atoms with E-state index in [9.17, 15) is 4.79 Å². The average Bonchev–Trinajstić information content (AvgIpc) is 2.68. The molecule has 0 aliphatic carbocycles. The molecule has 27 heavy (non-hydrogen) atoms. The van der Waals surface area contributed by atoms with Gasteiger partial charge in [-0.3, -0.25) is 9.78 Å². The Kier molecular flexibility index (Phi) is 5.45. The summed E-state index contributed by atoms with van der Waals surface area (Å²) in [6.07, 6.45) is 5.25. The first-order chi connectivity index (χ1) is 13.0. The first-order valence-electron chi connectivity index (χ1n) is 8.68. The van der Waals surface area contributed by atoms with Gasteiger partial charge < -0.3 is 10.1 Å². The fourth-order valence-electron chi connectivity index (χ4n) is 2.62. The number of rotatable bonds is 5. The maximum absolute atomic E-state index is 12.8. The Bertz CT molecular complexity index is 937. The summed E-state index contributed by atoms with van der Waals surface area (Å²) in [5.74, 6) is 1.10. The molecular weight excluding hydrogens is 340 g/mol. The SMILES string of the molecule is COc1cc(C(=O)N[C@H](C)c2cnc(C)nc2)cc(-c2ccc(C)cn2)c1. The second kappa shape index (κ2) is 7.95. The Morgan fingerprint density at radius 1 is 1.04 bits per heavy atom. The molecule has 0 saturated heterocycles. The van der Waals surface area contributed by atoms with Gasteiger partial charge in [-0.25, -0.2) is 9.97 Å². The minimum atomic E-state index is -0.217. The van der Waals surface area contributed by atoms with Crippen molar-refractivity contribution in [1.29, 1.82) is 0 Å². The van der Waals surface area contributed by atoms with Crippen LogP contribution in [0.2, 0.25) is 0 Å². The summed E-state index contributed by atoms with van der Waals surface area (Å²) in [4.78, 5) is 25.6. The summed E-state index contributed by atoms with van der Waals surface area (Å²) in [7, 11) is 1.58. The van der Waals surface area contributed by atoms with Crippen LogP contribution in [0.15, 0.2) is 48.9 Å². The van der Waals surface area contributed by atoms with Gasteiger partial charge in [0.05, 0.1) is 18.8 Å². The highest BCUT2D eigenvalue weighted by molar-refractivity contribution is 5.96.